The van der Waals surface area contributed by atoms with Crippen molar-refractivity contribution < 1.29 is 32.3 Å². The molecule has 3 radical (unpaired) electrons. The molecule has 3 fully saturated rings. The van der Waals surface area contributed by atoms with Gasteiger partial charge < -0.3 is 29.2 Å². The van der Waals surface area contributed by atoms with E-state index in [1.165, 1.54) is 16.3 Å². The molecule has 6 bridgehead atoms. The summed E-state index contributed by atoms with van der Waals surface area (Å²) in [6.45, 7) is 17.2. The lowest BCUT2D eigenvalue weighted by Gasteiger charge is -2.38. The van der Waals surface area contributed by atoms with Gasteiger partial charge in [0.25, 0.3) is 5.91 Å². The van der Waals surface area contributed by atoms with E-state index in [-0.39, 0.29) is 37.3 Å². The highest BCUT2D eigenvalue weighted by Gasteiger charge is 2.46. The molecular formula is C50H70N9O7S2Si. The van der Waals surface area contributed by atoms with Crippen LogP contribution in [0.2, 0.25) is 0 Å². The molecule has 69 heavy (non-hydrogen) atoms. The van der Waals surface area contributed by atoms with E-state index in [2.05, 4.69) is 87.4 Å². The van der Waals surface area contributed by atoms with Crippen molar-refractivity contribution in [1.29, 1.82) is 0 Å². The van der Waals surface area contributed by atoms with Crippen molar-refractivity contribution in [3.63, 3.8) is 0 Å². The summed E-state index contributed by atoms with van der Waals surface area (Å²) >= 11 is 1.43. The van der Waals surface area contributed by atoms with Crippen LogP contribution in [0.3, 0.4) is 0 Å². The number of hydrogen-bond donors (Lipinski definition) is 2. The summed E-state index contributed by atoms with van der Waals surface area (Å²) in [6.07, 6.45) is 4.37. The Hall–Kier alpha value is -4.24. The minimum Gasteiger partial charge on any atom is -0.464 e. The molecule has 2 amide bonds. The number of nitrogens with one attached hydrogen (secondary N) is 2. The van der Waals surface area contributed by atoms with Gasteiger partial charge >= 0.3 is 5.97 Å². The zero-order valence-corrected chi connectivity index (χ0v) is 44.4. The molecule has 7 heterocycles. The van der Waals surface area contributed by atoms with Crippen LogP contribution in [-0.2, 0) is 53.1 Å². The number of methoxy groups -OCH3 is 1. The summed E-state index contributed by atoms with van der Waals surface area (Å²) in [6, 6.07) is 6.16. The highest BCUT2D eigenvalue weighted by atomic mass is 32.2. The number of aromatic nitrogens is 3. The Morgan fingerprint density at radius 2 is 1.87 bits per heavy atom. The second kappa shape index (κ2) is 20.5. The zero-order valence-electron chi connectivity index (χ0n) is 41.8. The number of carbonyl (C=O) groups is 3. The third-order valence-corrected chi connectivity index (χ3v) is 19.1. The number of carbonyl (C=O) groups excluding carboxylic acids is 3. The number of cyclic esters (lactones) is 1. The van der Waals surface area contributed by atoms with Gasteiger partial charge in [-0.3, -0.25) is 29.3 Å². The smallest absolute Gasteiger partial charge is 0.324 e. The minimum atomic E-state index is -3.43. The highest BCUT2D eigenvalue weighted by molar-refractivity contribution is 7.94. The van der Waals surface area contributed by atoms with Crippen molar-refractivity contribution in [2.45, 2.75) is 115 Å². The van der Waals surface area contributed by atoms with E-state index < -0.39 is 55.5 Å². The molecule has 3 saturated heterocycles. The Balaban J connectivity index is 1.21. The Morgan fingerprint density at radius 1 is 1.12 bits per heavy atom. The summed E-state index contributed by atoms with van der Waals surface area (Å²) in [5.41, 5.74) is 10.5. The van der Waals surface area contributed by atoms with Gasteiger partial charge in [-0.1, -0.05) is 33.8 Å². The summed E-state index contributed by atoms with van der Waals surface area (Å²) < 4.78 is 39.5. The Morgan fingerprint density at radius 3 is 2.55 bits per heavy atom. The van der Waals surface area contributed by atoms with Crippen LogP contribution in [0.1, 0.15) is 89.6 Å². The van der Waals surface area contributed by atoms with E-state index in [1.807, 2.05) is 32.3 Å². The van der Waals surface area contributed by atoms with Crippen LogP contribution in [0.5, 0.6) is 0 Å². The van der Waals surface area contributed by atoms with Crippen LogP contribution < -0.4 is 15.6 Å². The predicted octanol–water partition coefficient (Wildman–Crippen LogP) is 4.98. The maximum atomic E-state index is 14.7. The molecule has 3 aromatic heterocycles. The molecule has 4 aromatic rings. The van der Waals surface area contributed by atoms with Gasteiger partial charge in [-0.2, -0.15) is 0 Å². The zero-order chi connectivity index (χ0) is 49.6. The summed E-state index contributed by atoms with van der Waals surface area (Å²) in [4.78, 5) is 60.0. The number of thiazole rings is 1. The fourth-order valence-electron chi connectivity index (χ4n) is 10.7. The monoisotopic (exact) mass is 1000 g/mol. The van der Waals surface area contributed by atoms with E-state index in [0.717, 1.165) is 76.5 Å². The van der Waals surface area contributed by atoms with Crippen LogP contribution in [-0.4, -0.2) is 161 Å². The standard InChI is InChI=1S/C50H70N9O7S2Si/c1-10-58-41-15-14-33-23-35(41)37(45(58)36-24-34(27-51-43(36)32(4)65-9)57-20-18-55(7)19-21-57)26-49(5,6)30-66-48(62)38-13-11-17-59(54-38)47(61)39(25-42-52-40(33)28-67-42)53-46(60)44(31(2)3)56(8)29-50(69)16-12-22-68(50,63)64/h14-15,23-24,27-28,31-32,38-39,44,54H,10-13,16-22,25-26,29-30H2,1-9H3,(H,53,60)/t32-,38-,39-,44-,50-/m0/s1. The van der Waals surface area contributed by atoms with Crippen LogP contribution in [0.4, 0.5) is 5.69 Å². The maximum absolute atomic E-state index is 14.7. The molecule has 8 rings (SSSR count). The molecule has 19 heteroatoms. The van der Waals surface area contributed by atoms with Crippen LogP contribution in [0, 0.1) is 11.3 Å². The fraction of sp³-hybridized carbons (Fsp3) is 0.620. The van der Waals surface area contributed by atoms with Crippen molar-refractivity contribution in [2.75, 3.05) is 77.7 Å². The van der Waals surface area contributed by atoms with Crippen molar-refractivity contribution in [1.82, 2.24) is 40.1 Å². The number of likely N-dealkylation sites (N-methyl/N-ethyl adjacent to an activating group) is 2. The summed E-state index contributed by atoms with van der Waals surface area (Å²) in [5, 5.41) is 8.24. The van der Waals surface area contributed by atoms with E-state index in [0.29, 0.717) is 50.2 Å². The van der Waals surface area contributed by atoms with Gasteiger partial charge in [-0.25, -0.2) is 18.8 Å². The lowest BCUT2D eigenvalue weighted by atomic mass is 9.84. The van der Waals surface area contributed by atoms with Gasteiger partial charge in [-0.05, 0) is 89.7 Å². The predicted molar refractivity (Wildman–Crippen MR) is 272 cm³/mol. The van der Waals surface area contributed by atoms with E-state index in [1.54, 1.807) is 19.1 Å². The number of nitrogens with zero attached hydrogens (tertiary/aromatic N) is 7. The Labute approximate surface area is 415 Å². The largest absolute Gasteiger partial charge is 0.464 e. The number of amides is 2. The van der Waals surface area contributed by atoms with Crippen LogP contribution >= 0.6 is 11.3 Å². The van der Waals surface area contributed by atoms with Gasteiger partial charge in [-0.15, -0.1) is 11.3 Å². The summed E-state index contributed by atoms with van der Waals surface area (Å²) in [5.74, 6) is -1.37. The first kappa shape index (κ1) is 51.1. The SMILES string of the molecule is CCn1c(-c2cc(N3CCN(C)CC3)cnc2[C@H](C)OC)c2c3cc(ccc31)-c1csc(n1)C[C@H](NC(=O)[C@H](C(C)C)N(C)C[C@@]1([Si])CCCS1(=O)=O)C(=O)N1CCC[C@H](N1)C(=O)OCC(C)(C)C2. The number of aryl methyl sites for hydroxylation is 1. The number of anilines is 1. The molecule has 1 aromatic carbocycles. The molecule has 4 aliphatic heterocycles. The first-order chi connectivity index (χ1) is 32.7. The number of hydrogen-bond acceptors (Lipinski definition) is 14. The third kappa shape index (κ3) is 10.6. The van der Waals surface area contributed by atoms with Crippen molar-refractivity contribution >= 4 is 65.8 Å². The first-order valence-corrected chi connectivity index (χ1v) is 27.5. The number of piperazine rings is 1. The van der Waals surface area contributed by atoms with E-state index in [4.69, 9.17) is 19.4 Å². The van der Waals surface area contributed by atoms with Gasteiger partial charge in [0.2, 0.25) is 5.91 Å². The lowest BCUT2D eigenvalue weighted by Crippen LogP contribution is -2.62. The molecule has 0 saturated carbocycles. The minimum absolute atomic E-state index is 0.0879. The van der Waals surface area contributed by atoms with Crippen LogP contribution in [0.25, 0.3) is 33.4 Å². The Bertz CT molecular complexity index is 2660. The normalized spacial score (nSPS) is 24.4. The number of fused-ring (bicyclic) bond motifs is 6. The molecule has 16 nitrogen and oxygen atoms in total. The fourth-order valence-corrected chi connectivity index (χ4v) is 14.0. The van der Waals surface area contributed by atoms with E-state index in [9.17, 15) is 22.8 Å². The number of ether oxygens (including phenoxy) is 2. The number of rotatable bonds is 11. The second-order valence-corrected chi connectivity index (χ2v) is 25.5. The third-order valence-electron chi connectivity index (χ3n) is 14.6. The highest BCUT2D eigenvalue weighted by Crippen LogP contribution is 2.43. The second-order valence-electron chi connectivity index (χ2n) is 20.8. The lowest BCUT2D eigenvalue weighted by molar-refractivity contribution is -0.155. The van der Waals surface area contributed by atoms with Crippen molar-refractivity contribution in [2.24, 2.45) is 11.3 Å². The number of pyridine rings is 1. The average molecular weight is 1000 g/mol. The van der Waals surface area contributed by atoms with Crippen LogP contribution in [0.15, 0.2) is 35.8 Å². The van der Waals surface area contributed by atoms with Gasteiger partial charge in [0.05, 0.1) is 73.1 Å². The molecule has 4 aliphatic rings. The molecular weight excluding hydrogens is 931 g/mol. The molecule has 0 unspecified atom stereocenters. The van der Waals surface area contributed by atoms with Gasteiger partial charge in [0.15, 0.2) is 9.84 Å². The molecule has 0 aliphatic carbocycles. The van der Waals surface area contributed by atoms with Crippen molar-refractivity contribution in [3.05, 3.63) is 52.1 Å². The molecule has 373 valence electrons. The number of benzene rings is 1. The number of sulfone groups is 1. The number of esters is 1. The Kier molecular flexibility index (Phi) is 15.2. The molecule has 2 N–H and O–H groups in total. The van der Waals surface area contributed by atoms with E-state index >= 15 is 0 Å². The summed E-state index contributed by atoms with van der Waals surface area (Å²) in [7, 11) is 5.81. The molecule has 5 atom stereocenters. The topological polar surface area (TPSA) is 172 Å². The van der Waals surface area contributed by atoms with Crippen molar-refractivity contribution in [3.8, 4) is 22.5 Å². The quantitative estimate of drug-likeness (QED) is 0.153. The molecule has 0 spiro atoms. The van der Waals surface area contributed by atoms with Gasteiger partial charge in [0, 0.05) is 92.2 Å². The number of hydrazine groups is 1. The average Bonchev–Trinajstić information content (AvgIpc) is 3.98. The maximum Gasteiger partial charge on any atom is 0.324 e. The first-order valence-electron chi connectivity index (χ1n) is 24.5. The van der Waals surface area contributed by atoms with Gasteiger partial charge in [0.1, 0.15) is 12.1 Å².